The number of benzene rings is 1. The molecule has 0 unspecified atom stereocenters. The molecule has 0 spiro atoms. The molecule has 3 rings (SSSR count). The van der Waals surface area contributed by atoms with Crippen molar-refractivity contribution in [2.24, 2.45) is 4.99 Å². The molecular weight excluding hydrogens is 491 g/mol. The van der Waals surface area contributed by atoms with E-state index in [0.717, 1.165) is 48.1 Å². The van der Waals surface area contributed by atoms with Gasteiger partial charge < -0.3 is 15.2 Å². The standard InChI is InChI=1S/C22H30N6O.HI/c1-4-18(5-2)21-12-20(29-27-21)15-25-22(23-6-3)24-13-17-14-26-28(16-17)19-10-8-7-9-11-19;/h7-12,14,16,18H,4-6,13,15H2,1-3H3,(H2,23,24,25);1H. The molecule has 0 aliphatic heterocycles. The fourth-order valence-corrected chi connectivity index (χ4v) is 3.16. The van der Waals surface area contributed by atoms with Crippen molar-refractivity contribution in [3.63, 3.8) is 0 Å². The molecule has 2 aromatic heterocycles. The highest BCUT2D eigenvalue weighted by atomic mass is 127. The summed E-state index contributed by atoms with van der Waals surface area (Å²) in [5, 5.41) is 15.2. The van der Waals surface area contributed by atoms with Crippen LogP contribution in [0.15, 0.2) is 58.3 Å². The molecule has 8 heteroatoms. The van der Waals surface area contributed by atoms with Crippen LogP contribution in [0.3, 0.4) is 0 Å². The average Bonchev–Trinajstić information content (AvgIpc) is 3.42. The first-order chi connectivity index (χ1) is 14.2. The summed E-state index contributed by atoms with van der Waals surface area (Å²) in [6.45, 7) is 8.27. The van der Waals surface area contributed by atoms with Gasteiger partial charge in [0.2, 0.25) is 0 Å². The number of para-hydroxylation sites is 1. The number of aromatic nitrogens is 3. The summed E-state index contributed by atoms with van der Waals surface area (Å²) < 4.78 is 7.34. The van der Waals surface area contributed by atoms with Gasteiger partial charge in [0.15, 0.2) is 11.7 Å². The van der Waals surface area contributed by atoms with Gasteiger partial charge in [-0.1, -0.05) is 37.2 Å². The normalized spacial score (nSPS) is 11.4. The Kier molecular flexibility index (Phi) is 9.85. The maximum atomic E-state index is 5.48. The van der Waals surface area contributed by atoms with E-state index in [-0.39, 0.29) is 24.0 Å². The van der Waals surface area contributed by atoms with Crippen molar-refractivity contribution in [1.82, 2.24) is 25.6 Å². The Morgan fingerprint density at radius 2 is 1.90 bits per heavy atom. The first-order valence-corrected chi connectivity index (χ1v) is 10.3. The maximum absolute atomic E-state index is 5.48. The molecule has 0 atom stereocenters. The minimum atomic E-state index is 0. The third-order valence-corrected chi connectivity index (χ3v) is 4.83. The molecule has 0 radical (unpaired) electrons. The molecule has 1 aromatic carbocycles. The highest BCUT2D eigenvalue weighted by molar-refractivity contribution is 14.0. The van der Waals surface area contributed by atoms with Crippen LogP contribution in [0.4, 0.5) is 0 Å². The zero-order chi connectivity index (χ0) is 20.5. The Morgan fingerprint density at radius 3 is 2.60 bits per heavy atom. The van der Waals surface area contributed by atoms with Crippen molar-refractivity contribution in [2.75, 3.05) is 6.54 Å². The zero-order valence-corrected chi connectivity index (χ0v) is 20.2. The molecule has 0 aliphatic rings. The van der Waals surface area contributed by atoms with Gasteiger partial charge in [-0.25, -0.2) is 9.67 Å². The number of aliphatic imine (C=N–C) groups is 1. The lowest BCUT2D eigenvalue weighted by Gasteiger charge is -2.09. The van der Waals surface area contributed by atoms with Gasteiger partial charge in [-0.2, -0.15) is 5.10 Å². The Balaban J connectivity index is 0.00000320. The van der Waals surface area contributed by atoms with Gasteiger partial charge in [0.05, 0.1) is 30.7 Å². The van der Waals surface area contributed by atoms with Gasteiger partial charge in [-0.05, 0) is 31.9 Å². The number of nitrogens with zero attached hydrogens (tertiary/aromatic N) is 4. The molecule has 0 saturated heterocycles. The number of guanidine groups is 1. The number of hydrogen-bond acceptors (Lipinski definition) is 4. The van der Waals surface area contributed by atoms with Gasteiger partial charge >= 0.3 is 0 Å². The summed E-state index contributed by atoms with van der Waals surface area (Å²) in [6.07, 6.45) is 5.98. The Bertz CT molecular complexity index is 901. The van der Waals surface area contributed by atoms with Crippen LogP contribution in [0.2, 0.25) is 0 Å². The van der Waals surface area contributed by atoms with E-state index in [9.17, 15) is 0 Å². The highest BCUT2D eigenvalue weighted by Gasteiger charge is 2.13. The van der Waals surface area contributed by atoms with Crippen molar-refractivity contribution in [2.45, 2.75) is 52.6 Å². The van der Waals surface area contributed by atoms with Gasteiger partial charge in [0, 0.05) is 30.3 Å². The molecule has 0 fully saturated rings. The van der Waals surface area contributed by atoms with E-state index in [2.05, 4.69) is 39.7 Å². The van der Waals surface area contributed by atoms with E-state index in [1.54, 1.807) is 0 Å². The lowest BCUT2D eigenvalue weighted by Crippen LogP contribution is -2.36. The molecule has 0 saturated carbocycles. The molecule has 3 aromatic rings. The largest absolute Gasteiger partial charge is 0.359 e. The predicted octanol–water partition coefficient (Wildman–Crippen LogP) is 4.64. The molecule has 0 bridgehead atoms. The molecule has 0 aliphatic carbocycles. The van der Waals surface area contributed by atoms with E-state index in [0.29, 0.717) is 19.0 Å². The number of halogens is 1. The summed E-state index contributed by atoms with van der Waals surface area (Å²) in [5.74, 6) is 2.01. The third kappa shape index (κ3) is 6.58. The van der Waals surface area contributed by atoms with Crippen LogP contribution in [0.1, 0.15) is 56.5 Å². The second-order valence-electron chi connectivity index (χ2n) is 6.91. The summed E-state index contributed by atoms with van der Waals surface area (Å²) in [5.41, 5.74) is 3.11. The molecular formula is C22H31IN6O. The summed E-state index contributed by atoms with van der Waals surface area (Å²) in [4.78, 5) is 4.66. The van der Waals surface area contributed by atoms with E-state index in [1.807, 2.05) is 60.4 Å². The van der Waals surface area contributed by atoms with E-state index in [1.165, 1.54) is 0 Å². The minimum absolute atomic E-state index is 0. The Labute approximate surface area is 195 Å². The smallest absolute Gasteiger partial charge is 0.191 e. The third-order valence-electron chi connectivity index (χ3n) is 4.83. The van der Waals surface area contributed by atoms with Gasteiger partial charge in [0.25, 0.3) is 0 Å². The summed E-state index contributed by atoms with van der Waals surface area (Å²) >= 11 is 0. The predicted molar refractivity (Wildman–Crippen MR) is 130 cm³/mol. The van der Waals surface area contributed by atoms with Crippen LogP contribution >= 0.6 is 24.0 Å². The molecule has 7 nitrogen and oxygen atoms in total. The Morgan fingerprint density at radius 1 is 1.13 bits per heavy atom. The number of rotatable bonds is 9. The van der Waals surface area contributed by atoms with Crippen LogP contribution in [-0.2, 0) is 13.1 Å². The zero-order valence-electron chi connectivity index (χ0n) is 17.8. The molecule has 0 amide bonds. The topological polar surface area (TPSA) is 80.3 Å². The van der Waals surface area contributed by atoms with Crippen molar-refractivity contribution in [3.05, 3.63) is 65.8 Å². The first kappa shape index (κ1) is 23.9. The monoisotopic (exact) mass is 522 g/mol. The van der Waals surface area contributed by atoms with Crippen LogP contribution in [-0.4, -0.2) is 27.4 Å². The lowest BCUT2D eigenvalue weighted by molar-refractivity contribution is 0.368. The highest BCUT2D eigenvalue weighted by Crippen LogP contribution is 2.22. The maximum Gasteiger partial charge on any atom is 0.191 e. The van der Waals surface area contributed by atoms with Gasteiger partial charge in [-0.15, -0.1) is 24.0 Å². The molecule has 30 heavy (non-hydrogen) atoms. The molecule has 2 heterocycles. The molecule has 162 valence electrons. The second-order valence-corrected chi connectivity index (χ2v) is 6.91. The van der Waals surface area contributed by atoms with Crippen molar-refractivity contribution in [3.8, 4) is 5.69 Å². The summed E-state index contributed by atoms with van der Waals surface area (Å²) in [6, 6.07) is 12.1. The van der Waals surface area contributed by atoms with E-state index in [4.69, 9.17) is 4.52 Å². The quantitative estimate of drug-likeness (QED) is 0.243. The van der Waals surface area contributed by atoms with Crippen molar-refractivity contribution < 1.29 is 4.52 Å². The van der Waals surface area contributed by atoms with Crippen molar-refractivity contribution >= 4 is 29.9 Å². The van der Waals surface area contributed by atoms with Gasteiger partial charge in [0.1, 0.15) is 0 Å². The van der Waals surface area contributed by atoms with E-state index < -0.39 is 0 Å². The Hall–Kier alpha value is -2.36. The average molecular weight is 522 g/mol. The number of nitrogens with one attached hydrogen (secondary N) is 2. The van der Waals surface area contributed by atoms with Crippen LogP contribution in [0.5, 0.6) is 0 Å². The first-order valence-electron chi connectivity index (χ1n) is 10.3. The second kappa shape index (κ2) is 12.4. The number of hydrogen-bond donors (Lipinski definition) is 2. The van der Waals surface area contributed by atoms with Gasteiger partial charge in [-0.3, -0.25) is 0 Å². The van der Waals surface area contributed by atoms with Crippen molar-refractivity contribution in [1.29, 1.82) is 0 Å². The minimum Gasteiger partial charge on any atom is -0.359 e. The fourth-order valence-electron chi connectivity index (χ4n) is 3.16. The lowest BCUT2D eigenvalue weighted by atomic mass is 9.99. The van der Waals surface area contributed by atoms with Crippen LogP contribution in [0.25, 0.3) is 5.69 Å². The SMILES string of the molecule is CCNC(=NCc1cnn(-c2ccccc2)c1)NCc1cc(C(CC)CC)no1.I. The van der Waals surface area contributed by atoms with Crippen LogP contribution in [0, 0.1) is 0 Å². The summed E-state index contributed by atoms with van der Waals surface area (Å²) in [7, 11) is 0. The fraction of sp³-hybridized carbons (Fsp3) is 0.409. The molecule has 2 N–H and O–H groups in total. The van der Waals surface area contributed by atoms with E-state index >= 15 is 0 Å². The van der Waals surface area contributed by atoms with Crippen LogP contribution < -0.4 is 10.6 Å².